The minimum absolute atomic E-state index is 0.850. The third-order valence-electron chi connectivity index (χ3n) is 2.97. The van der Waals surface area contributed by atoms with E-state index >= 15 is 0 Å². The van der Waals surface area contributed by atoms with E-state index in [1.165, 1.54) is 0 Å². The molecular formula is C12H8BN6. The number of benzene rings is 2. The van der Waals surface area contributed by atoms with Crippen LogP contribution in [-0.2, 0) is 0 Å². The van der Waals surface area contributed by atoms with E-state index in [1.54, 1.807) is 16.7 Å². The van der Waals surface area contributed by atoms with Gasteiger partial charge in [-0.2, -0.15) is 0 Å². The fraction of sp³-hybridized carbons (Fsp3) is 0. The molecule has 0 N–H and O–H groups in total. The highest BCUT2D eigenvalue weighted by Gasteiger charge is 2.10. The smallest absolute Gasteiger partial charge is 0.266 e. The second-order valence-corrected chi connectivity index (χ2v) is 4.16. The summed E-state index contributed by atoms with van der Waals surface area (Å²) in [5.74, 6) is 0. The Morgan fingerprint density at radius 3 is 1.68 bits per heavy atom. The Morgan fingerprint density at radius 2 is 1.16 bits per heavy atom. The van der Waals surface area contributed by atoms with Gasteiger partial charge in [0.05, 0.1) is 11.0 Å². The first-order valence-corrected chi connectivity index (χ1v) is 5.87. The first-order valence-electron chi connectivity index (χ1n) is 5.87. The number of aromatic nitrogens is 6. The van der Waals surface area contributed by atoms with Crippen LogP contribution in [0.5, 0.6) is 0 Å². The molecule has 0 saturated heterocycles. The fourth-order valence-electron chi connectivity index (χ4n) is 2.05. The van der Waals surface area contributed by atoms with E-state index in [2.05, 4.69) is 20.6 Å². The zero-order chi connectivity index (χ0) is 12.7. The molecule has 0 bridgehead atoms. The largest absolute Gasteiger partial charge is 0.443 e. The molecule has 4 rings (SSSR count). The van der Waals surface area contributed by atoms with Crippen molar-refractivity contribution in [2.75, 3.05) is 0 Å². The second-order valence-electron chi connectivity index (χ2n) is 4.16. The van der Waals surface area contributed by atoms with E-state index in [1.807, 2.05) is 48.5 Å². The molecule has 4 aromatic rings. The molecule has 2 heterocycles. The topological polar surface area (TPSA) is 61.4 Å². The third kappa shape index (κ3) is 1.59. The SMILES string of the molecule is [B](n1nnc2ccccc21)n1nnc2ccccc21. The first-order chi connectivity index (χ1) is 9.42. The lowest BCUT2D eigenvalue weighted by Gasteiger charge is -2.00. The second kappa shape index (κ2) is 3.91. The van der Waals surface area contributed by atoms with Crippen molar-refractivity contribution in [1.82, 2.24) is 29.8 Å². The van der Waals surface area contributed by atoms with Crippen LogP contribution < -0.4 is 0 Å². The Bertz CT molecular complexity index is 793. The number of hydrogen-bond acceptors (Lipinski definition) is 4. The van der Waals surface area contributed by atoms with Gasteiger partial charge in [-0.05, 0) is 24.3 Å². The molecule has 2 aromatic carbocycles. The van der Waals surface area contributed by atoms with Crippen LogP contribution in [0.25, 0.3) is 22.1 Å². The summed E-state index contributed by atoms with van der Waals surface area (Å²) in [5.41, 5.74) is 3.57. The summed E-state index contributed by atoms with van der Waals surface area (Å²) in [6.07, 6.45) is 0. The van der Waals surface area contributed by atoms with Crippen LogP contribution in [0, 0.1) is 0 Å². The summed E-state index contributed by atoms with van der Waals surface area (Å²) in [7, 11) is 1.77. The summed E-state index contributed by atoms with van der Waals surface area (Å²) >= 11 is 0. The van der Waals surface area contributed by atoms with Crippen LogP contribution >= 0.6 is 0 Å². The molecule has 0 unspecified atom stereocenters. The fourth-order valence-corrected chi connectivity index (χ4v) is 2.05. The standard InChI is InChI=1S/C12H8BN6/c1-3-7-11-9(5-1)14-16-18(11)13-19-12-8-4-2-6-10(12)15-17-19/h1-8H. The lowest BCUT2D eigenvalue weighted by atomic mass is 10.1. The lowest BCUT2D eigenvalue weighted by molar-refractivity contribution is 0.823. The molecule has 0 aliphatic heterocycles. The predicted molar refractivity (Wildman–Crippen MR) is 71.6 cm³/mol. The summed E-state index contributed by atoms with van der Waals surface area (Å²) in [6, 6.07) is 15.6. The van der Waals surface area contributed by atoms with Crippen LogP contribution in [0.15, 0.2) is 48.5 Å². The van der Waals surface area contributed by atoms with Gasteiger partial charge in [-0.15, -0.1) is 10.2 Å². The molecule has 1 radical (unpaired) electrons. The maximum Gasteiger partial charge on any atom is 0.443 e. The molecule has 6 nitrogen and oxygen atoms in total. The summed E-state index contributed by atoms with van der Waals surface area (Å²) < 4.78 is 3.38. The Morgan fingerprint density at radius 1 is 0.684 bits per heavy atom. The zero-order valence-corrected chi connectivity index (χ0v) is 9.88. The average Bonchev–Trinajstić information content (AvgIpc) is 3.05. The van der Waals surface area contributed by atoms with Crippen molar-refractivity contribution >= 4 is 29.6 Å². The minimum Gasteiger partial charge on any atom is -0.266 e. The molecule has 0 saturated carbocycles. The van der Waals surface area contributed by atoms with Gasteiger partial charge in [0.15, 0.2) is 0 Å². The quantitative estimate of drug-likeness (QED) is 0.498. The number of rotatable bonds is 2. The van der Waals surface area contributed by atoms with E-state index in [9.17, 15) is 0 Å². The molecule has 0 spiro atoms. The van der Waals surface area contributed by atoms with Gasteiger partial charge >= 0.3 is 7.55 Å². The number of para-hydroxylation sites is 2. The van der Waals surface area contributed by atoms with E-state index in [-0.39, 0.29) is 0 Å². The predicted octanol–water partition coefficient (Wildman–Crippen LogP) is 1.11. The van der Waals surface area contributed by atoms with Crippen molar-refractivity contribution in [3.63, 3.8) is 0 Å². The van der Waals surface area contributed by atoms with Crippen LogP contribution in [0.1, 0.15) is 0 Å². The van der Waals surface area contributed by atoms with Crippen molar-refractivity contribution < 1.29 is 0 Å². The van der Waals surface area contributed by atoms with Crippen molar-refractivity contribution in [3.8, 4) is 0 Å². The van der Waals surface area contributed by atoms with E-state index in [4.69, 9.17) is 0 Å². The number of fused-ring (bicyclic) bond motifs is 2. The van der Waals surface area contributed by atoms with Gasteiger partial charge in [-0.25, -0.2) is 0 Å². The Balaban J connectivity index is 1.82. The van der Waals surface area contributed by atoms with E-state index < -0.39 is 0 Å². The van der Waals surface area contributed by atoms with Gasteiger partial charge in [0.25, 0.3) is 0 Å². The first kappa shape index (κ1) is 10.2. The van der Waals surface area contributed by atoms with Gasteiger partial charge in [-0.1, -0.05) is 34.7 Å². The van der Waals surface area contributed by atoms with Crippen LogP contribution in [0.2, 0.25) is 0 Å². The van der Waals surface area contributed by atoms with Crippen molar-refractivity contribution in [1.29, 1.82) is 0 Å². The van der Waals surface area contributed by atoms with Gasteiger partial charge in [-0.3, -0.25) is 9.19 Å². The van der Waals surface area contributed by atoms with Gasteiger partial charge in [0.2, 0.25) is 0 Å². The van der Waals surface area contributed by atoms with E-state index in [0.717, 1.165) is 22.1 Å². The van der Waals surface area contributed by atoms with Gasteiger partial charge < -0.3 is 0 Å². The molecule has 19 heavy (non-hydrogen) atoms. The van der Waals surface area contributed by atoms with Crippen molar-refractivity contribution in [2.45, 2.75) is 0 Å². The van der Waals surface area contributed by atoms with Crippen molar-refractivity contribution in [3.05, 3.63) is 48.5 Å². The Kier molecular flexibility index (Phi) is 2.11. The van der Waals surface area contributed by atoms with Gasteiger partial charge in [0, 0.05) is 0 Å². The molecular weight excluding hydrogens is 239 g/mol. The molecule has 0 atom stereocenters. The molecule has 2 aromatic heterocycles. The molecule has 0 aliphatic carbocycles. The maximum atomic E-state index is 4.10. The molecule has 0 fully saturated rings. The lowest BCUT2D eigenvalue weighted by Crippen LogP contribution is -2.19. The summed E-state index contributed by atoms with van der Waals surface area (Å²) in [4.78, 5) is 0. The number of hydrogen-bond donors (Lipinski definition) is 0. The highest BCUT2D eigenvalue weighted by Crippen LogP contribution is 2.11. The Hall–Kier alpha value is -2.70. The number of nitrogens with zero attached hydrogens (tertiary/aromatic N) is 6. The highest BCUT2D eigenvalue weighted by molar-refractivity contribution is 6.34. The van der Waals surface area contributed by atoms with Crippen molar-refractivity contribution in [2.24, 2.45) is 0 Å². The summed E-state index contributed by atoms with van der Waals surface area (Å²) in [6.45, 7) is 0. The highest BCUT2D eigenvalue weighted by atomic mass is 15.5. The third-order valence-corrected chi connectivity index (χ3v) is 2.97. The Labute approximate surface area is 108 Å². The average molecular weight is 247 g/mol. The molecule has 0 aliphatic rings. The summed E-state index contributed by atoms with van der Waals surface area (Å²) in [5, 5.41) is 16.4. The van der Waals surface area contributed by atoms with Crippen LogP contribution in [-0.4, -0.2) is 37.4 Å². The van der Waals surface area contributed by atoms with Gasteiger partial charge in [0.1, 0.15) is 11.0 Å². The molecule has 7 heteroatoms. The van der Waals surface area contributed by atoms with Crippen LogP contribution in [0.3, 0.4) is 0 Å². The van der Waals surface area contributed by atoms with Crippen LogP contribution in [0.4, 0.5) is 0 Å². The van der Waals surface area contributed by atoms with E-state index in [0.29, 0.717) is 0 Å². The monoisotopic (exact) mass is 247 g/mol. The minimum atomic E-state index is 0.850. The normalized spacial score (nSPS) is 11.2. The molecule has 89 valence electrons. The maximum absolute atomic E-state index is 4.10. The zero-order valence-electron chi connectivity index (χ0n) is 9.88. The molecule has 0 amide bonds.